The Hall–Kier alpha value is -4.53. The first-order chi connectivity index (χ1) is 14.7. The maximum absolute atomic E-state index is 11.7. The molecule has 0 radical (unpaired) electrons. The van der Waals surface area contributed by atoms with Crippen LogP contribution in [0.25, 0.3) is 0 Å². The van der Waals surface area contributed by atoms with Crippen molar-refractivity contribution >= 4 is 28.7 Å². The molecule has 0 saturated carbocycles. The smallest absolute Gasteiger partial charge is 0.353 e. The van der Waals surface area contributed by atoms with E-state index in [-0.39, 0.29) is 17.3 Å². The fourth-order valence-electron chi connectivity index (χ4n) is 2.68. The molecule has 30 heavy (non-hydrogen) atoms. The molecule has 2 aromatic carbocycles. The van der Waals surface area contributed by atoms with Crippen molar-refractivity contribution in [3.05, 3.63) is 95.6 Å². The van der Waals surface area contributed by atoms with Crippen LogP contribution in [0.15, 0.2) is 85.5 Å². The molecule has 2 N–H and O–H groups in total. The molecule has 9 heteroatoms. The van der Waals surface area contributed by atoms with Gasteiger partial charge in [-0.3, -0.25) is 15.1 Å². The van der Waals surface area contributed by atoms with Crippen LogP contribution in [0, 0.1) is 10.1 Å². The number of hydrogen-bond donors (Lipinski definition) is 2. The zero-order valence-electron chi connectivity index (χ0n) is 15.6. The SMILES string of the molecule is O=[N+]([O-])c1c(Nc2ccc(Oc3ccccc3)cc2)ncnc1Nc1cccnc1. The van der Waals surface area contributed by atoms with Crippen LogP contribution in [0.2, 0.25) is 0 Å². The van der Waals surface area contributed by atoms with Crippen LogP contribution in [-0.2, 0) is 0 Å². The van der Waals surface area contributed by atoms with Gasteiger partial charge in [-0.1, -0.05) is 18.2 Å². The lowest BCUT2D eigenvalue weighted by Crippen LogP contribution is -2.05. The minimum atomic E-state index is -0.534. The molecule has 148 valence electrons. The molecule has 4 aromatic rings. The molecule has 0 amide bonds. The molecule has 0 saturated heterocycles. The van der Waals surface area contributed by atoms with E-state index in [0.29, 0.717) is 17.1 Å². The third-order valence-corrected chi connectivity index (χ3v) is 4.03. The van der Waals surface area contributed by atoms with E-state index in [1.165, 1.54) is 6.33 Å². The summed E-state index contributed by atoms with van der Waals surface area (Å²) in [5.41, 5.74) is 0.920. The summed E-state index contributed by atoms with van der Waals surface area (Å²) < 4.78 is 5.75. The number of para-hydroxylation sites is 1. The lowest BCUT2D eigenvalue weighted by molar-refractivity contribution is -0.383. The van der Waals surface area contributed by atoms with Gasteiger partial charge in [0.25, 0.3) is 0 Å². The van der Waals surface area contributed by atoms with Crippen molar-refractivity contribution in [3.8, 4) is 11.5 Å². The van der Waals surface area contributed by atoms with E-state index in [1.54, 1.807) is 48.8 Å². The molecule has 0 unspecified atom stereocenters. The first kappa shape index (κ1) is 18.8. The van der Waals surface area contributed by atoms with Gasteiger partial charge in [-0.25, -0.2) is 9.97 Å². The topological polar surface area (TPSA) is 115 Å². The standard InChI is InChI=1S/C21H16N6O3/c28-27(29)19-20(23-14-24-21(19)26-16-5-4-12-22-13-16)25-15-8-10-18(11-9-15)30-17-6-2-1-3-7-17/h1-14H,(H2,23,24,25,26). The van der Waals surface area contributed by atoms with Crippen molar-refractivity contribution < 1.29 is 9.66 Å². The van der Waals surface area contributed by atoms with Gasteiger partial charge in [0.15, 0.2) is 0 Å². The Morgan fingerprint density at radius 3 is 2.10 bits per heavy atom. The van der Waals surface area contributed by atoms with Gasteiger partial charge >= 0.3 is 5.69 Å². The fourth-order valence-corrected chi connectivity index (χ4v) is 2.68. The molecule has 4 rings (SSSR count). The fraction of sp³-hybridized carbons (Fsp3) is 0. The predicted molar refractivity (Wildman–Crippen MR) is 112 cm³/mol. The van der Waals surface area contributed by atoms with Crippen molar-refractivity contribution in [2.45, 2.75) is 0 Å². The number of pyridine rings is 1. The average Bonchev–Trinajstić information content (AvgIpc) is 2.76. The number of rotatable bonds is 7. The maximum atomic E-state index is 11.7. The summed E-state index contributed by atoms with van der Waals surface area (Å²) in [6.07, 6.45) is 4.41. The molecule has 0 bridgehead atoms. The van der Waals surface area contributed by atoms with E-state index >= 15 is 0 Å². The second kappa shape index (κ2) is 8.65. The van der Waals surface area contributed by atoms with Crippen molar-refractivity contribution in [2.75, 3.05) is 10.6 Å². The zero-order valence-corrected chi connectivity index (χ0v) is 15.6. The predicted octanol–water partition coefficient (Wildman–Crippen LogP) is 5.06. The molecule has 0 atom stereocenters. The van der Waals surface area contributed by atoms with Crippen molar-refractivity contribution in [2.24, 2.45) is 0 Å². The Bertz CT molecular complexity index is 1140. The van der Waals surface area contributed by atoms with Crippen molar-refractivity contribution in [1.82, 2.24) is 15.0 Å². The number of aromatic nitrogens is 3. The normalized spacial score (nSPS) is 10.3. The van der Waals surface area contributed by atoms with Crippen molar-refractivity contribution in [3.63, 3.8) is 0 Å². The Morgan fingerprint density at radius 2 is 1.47 bits per heavy atom. The minimum Gasteiger partial charge on any atom is -0.457 e. The zero-order chi connectivity index (χ0) is 20.8. The Kier molecular flexibility index (Phi) is 5.43. The summed E-state index contributed by atoms with van der Waals surface area (Å²) in [4.78, 5) is 23.2. The van der Waals surface area contributed by atoms with Gasteiger partial charge < -0.3 is 15.4 Å². The lowest BCUT2D eigenvalue weighted by Gasteiger charge is -2.11. The number of hydrogen-bond acceptors (Lipinski definition) is 8. The minimum absolute atomic E-state index is 0.0644. The summed E-state index contributed by atoms with van der Waals surface area (Å²) in [5.74, 6) is 1.49. The summed E-state index contributed by atoms with van der Waals surface area (Å²) in [7, 11) is 0. The van der Waals surface area contributed by atoms with Gasteiger partial charge in [-0.15, -0.1) is 0 Å². The monoisotopic (exact) mass is 400 g/mol. The molecule has 2 aromatic heterocycles. The molecule has 0 fully saturated rings. The molecule has 0 aliphatic rings. The van der Waals surface area contributed by atoms with Crippen LogP contribution in [0.5, 0.6) is 11.5 Å². The summed E-state index contributed by atoms with van der Waals surface area (Å²) in [6.45, 7) is 0. The highest BCUT2D eigenvalue weighted by atomic mass is 16.6. The molecule has 2 heterocycles. The van der Waals surface area contributed by atoms with Crippen LogP contribution < -0.4 is 15.4 Å². The summed E-state index contributed by atoms with van der Waals surface area (Å²) in [5, 5.41) is 17.6. The highest BCUT2D eigenvalue weighted by molar-refractivity contribution is 5.76. The van der Waals surface area contributed by atoms with Crippen molar-refractivity contribution in [1.29, 1.82) is 0 Å². The molecular weight excluding hydrogens is 384 g/mol. The van der Waals surface area contributed by atoms with Gasteiger partial charge in [0.05, 0.1) is 16.8 Å². The molecule has 0 spiro atoms. The number of nitrogens with one attached hydrogen (secondary N) is 2. The van der Waals surface area contributed by atoms with E-state index in [1.807, 2.05) is 30.3 Å². The van der Waals surface area contributed by atoms with Crippen LogP contribution in [-0.4, -0.2) is 19.9 Å². The van der Waals surface area contributed by atoms with Gasteiger partial charge in [0.2, 0.25) is 11.6 Å². The highest BCUT2D eigenvalue weighted by Gasteiger charge is 2.23. The molecule has 0 aliphatic carbocycles. The quantitative estimate of drug-likeness (QED) is 0.327. The van der Waals surface area contributed by atoms with Gasteiger partial charge in [-0.2, -0.15) is 0 Å². The van der Waals surface area contributed by atoms with E-state index in [2.05, 4.69) is 25.6 Å². The maximum Gasteiger partial charge on any atom is 0.353 e. The van der Waals surface area contributed by atoms with Crippen LogP contribution in [0.3, 0.4) is 0 Å². The van der Waals surface area contributed by atoms with E-state index in [9.17, 15) is 10.1 Å². The largest absolute Gasteiger partial charge is 0.457 e. The van der Waals surface area contributed by atoms with Crippen LogP contribution >= 0.6 is 0 Å². The first-order valence-electron chi connectivity index (χ1n) is 8.95. The van der Waals surface area contributed by atoms with E-state index < -0.39 is 4.92 Å². The molecular formula is C21H16N6O3. The van der Waals surface area contributed by atoms with E-state index in [4.69, 9.17) is 4.74 Å². The number of nitro groups is 1. The van der Waals surface area contributed by atoms with Crippen LogP contribution in [0.4, 0.5) is 28.7 Å². The first-order valence-corrected chi connectivity index (χ1v) is 8.95. The average molecular weight is 400 g/mol. The number of anilines is 4. The highest BCUT2D eigenvalue weighted by Crippen LogP contribution is 2.33. The number of benzene rings is 2. The molecule has 9 nitrogen and oxygen atoms in total. The third kappa shape index (κ3) is 4.47. The Labute approximate surface area is 171 Å². The second-order valence-electron chi connectivity index (χ2n) is 6.11. The van der Waals surface area contributed by atoms with Gasteiger partial charge in [0.1, 0.15) is 17.8 Å². The Balaban J connectivity index is 1.55. The second-order valence-corrected chi connectivity index (χ2v) is 6.11. The lowest BCUT2D eigenvalue weighted by atomic mass is 10.3. The van der Waals surface area contributed by atoms with E-state index in [0.717, 1.165) is 5.75 Å². The summed E-state index contributed by atoms with van der Waals surface area (Å²) >= 11 is 0. The number of ether oxygens (including phenoxy) is 1. The Morgan fingerprint density at radius 1 is 0.800 bits per heavy atom. The van der Waals surface area contributed by atoms with Gasteiger partial charge in [-0.05, 0) is 48.5 Å². The third-order valence-electron chi connectivity index (χ3n) is 4.03. The van der Waals surface area contributed by atoms with Crippen LogP contribution in [0.1, 0.15) is 0 Å². The van der Waals surface area contributed by atoms with Gasteiger partial charge in [0, 0.05) is 11.9 Å². The molecule has 0 aliphatic heterocycles. The number of nitrogens with zero attached hydrogens (tertiary/aromatic N) is 4. The summed E-state index contributed by atoms with van der Waals surface area (Å²) in [6, 6.07) is 19.9.